The first-order valence-corrected chi connectivity index (χ1v) is 5.53. The normalized spacial score (nSPS) is 10.3. The number of carboxylic acid groups (broad SMARTS) is 1. The van der Waals surface area contributed by atoms with E-state index in [0.29, 0.717) is 5.69 Å². The highest BCUT2D eigenvalue weighted by atomic mass is 19.2. The molecular formula is C14H11F2NO2. The molecule has 19 heavy (non-hydrogen) atoms. The summed E-state index contributed by atoms with van der Waals surface area (Å²) in [4.78, 5) is 11.1. The Bertz CT molecular complexity index is 641. The van der Waals surface area contributed by atoms with E-state index in [1.165, 1.54) is 12.1 Å². The lowest BCUT2D eigenvalue weighted by Gasteiger charge is -2.10. The minimum absolute atomic E-state index is 0.0651. The van der Waals surface area contributed by atoms with Gasteiger partial charge in [-0.2, -0.15) is 0 Å². The predicted molar refractivity (Wildman–Crippen MR) is 67.8 cm³/mol. The molecule has 5 heteroatoms. The van der Waals surface area contributed by atoms with Gasteiger partial charge in [0.15, 0.2) is 11.6 Å². The third kappa shape index (κ3) is 2.88. The van der Waals surface area contributed by atoms with E-state index in [9.17, 15) is 13.6 Å². The lowest BCUT2D eigenvalue weighted by Crippen LogP contribution is -2.03. The summed E-state index contributed by atoms with van der Waals surface area (Å²) in [5.74, 6) is -3.03. The Hall–Kier alpha value is -2.43. The second-order valence-corrected chi connectivity index (χ2v) is 4.11. The number of benzene rings is 2. The molecule has 0 aliphatic rings. The van der Waals surface area contributed by atoms with Crippen LogP contribution in [0.5, 0.6) is 0 Å². The molecule has 0 saturated heterocycles. The molecule has 0 spiro atoms. The average Bonchev–Trinajstić information content (AvgIpc) is 2.33. The average molecular weight is 263 g/mol. The largest absolute Gasteiger partial charge is 0.478 e. The molecule has 0 bridgehead atoms. The molecule has 98 valence electrons. The van der Waals surface area contributed by atoms with Crippen molar-refractivity contribution in [2.75, 3.05) is 5.32 Å². The van der Waals surface area contributed by atoms with Crippen LogP contribution in [0.3, 0.4) is 0 Å². The fraction of sp³-hybridized carbons (Fsp3) is 0.0714. The molecule has 3 nitrogen and oxygen atoms in total. The van der Waals surface area contributed by atoms with Gasteiger partial charge < -0.3 is 10.4 Å². The van der Waals surface area contributed by atoms with Crippen LogP contribution < -0.4 is 5.32 Å². The van der Waals surface area contributed by atoms with Crippen molar-refractivity contribution in [2.45, 2.75) is 6.92 Å². The summed E-state index contributed by atoms with van der Waals surface area (Å²) in [5.41, 5.74) is 1.54. The Balaban J connectivity index is 2.39. The molecule has 0 radical (unpaired) electrons. The highest BCUT2D eigenvalue weighted by Crippen LogP contribution is 2.23. The van der Waals surface area contributed by atoms with Crippen molar-refractivity contribution in [2.24, 2.45) is 0 Å². The maximum atomic E-state index is 13.1. The summed E-state index contributed by atoms with van der Waals surface area (Å²) >= 11 is 0. The molecule has 2 N–H and O–H groups in total. The van der Waals surface area contributed by atoms with Gasteiger partial charge in [-0.25, -0.2) is 13.6 Å². The maximum Gasteiger partial charge on any atom is 0.337 e. The van der Waals surface area contributed by atoms with Crippen LogP contribution in [0.25, 0.3) is 0 Å². The van der Waals surface area contributed by atoms with E-state index in [-0.39, 0.29) is 11.3 Å². The van der Waals surface area contributed by atoms with E-state index < -0.39 is 17.6 Å². The van der Waals surface area contributed by atoms with Crippen molar-refractivity contribution in [3.05, 3.63) is 59.2 Å². The molecule has 0 saturated carbocycles. The number of carbonyl (C=O) groups is 1. The molecule has 0 heterocycles. The molecule has 2 rings (SSSR count). The number of aromatic carboxylic acids is 1. The highest BCUT2D eigenvalue weighted by molar-refractivity contribution is 5.95. The predicted octanol–water partition coefficient (Wildman–Crippen LogP) is 3.72. The fourth-order valence-corrected chi connectivity index (χ4v) is 1.68. The molecule has 0 unspecified atom stereocenters. The van der Waals surface area contributed by atoms with Crippen LogP contribution in [0.2, 0.25) is 0 Å². The summed E-state index contributed by atoms with van der Waals surface area (Å²) in [6.45, 7) is 1.81. The summed E-state index contributed by atoms with van der Waals surface area (Å²) in [5, 5.41) is 11.8. The van der Waals surface area contributed by atoms with Gasteiger partial charge in [0.25, 0.3) is 0 Å². The Morgan fingerprint density at radius 1 is 1.11 bits per heavy atom. The molecule has 0 aliphatic heterocycles. The van der Waals surface area contributed by atoms with Gasteiger partial charge in [0.2, 0.25) is 0 Å². The highest BCUT2D eigenvalue weighted by Gasteiger charge is 2.11. The first-order chi connectivity index (χ1) is 8.97. The number of aryl methyl sites for hydroxylation is 1. The molecule has 0 atom stereocenters. The van der Waals surface area contributed by atoms with Crippen molar-refractivity contribution >= 4 is 17.3 Å². The Morgan fingerprint density at radius 2 is 1.84 bits per heavy atom. The van der Waals surface area contributed by atoms with Crippen LogP contribution in [0.15, 0.2) is 36.4 Å². The summed E-state index contributed by atoms with van der Waals surface area (Å²) in [6.07, 6.45) is 0. The van der Waals surface area contributed by atoms with Crippen LogP contribution in [0.1, 0.15) is 15.9 Å². The Labute approximate surface area is 108 Å². The van der Waals surface area contributed by atoms with Gasteiger partial charge in [-0.3, -0.25) is 0 Å². The van der Waals surface area contributed by atoms with E-state index >= 15 is 0 Å². The van der Waals surface area contributed by atoms with Gasteiger partial charge in [0.1, 0.15) is 0 Å². The summed E-state index contributed by atoms with van der Waals surface area (Å²) in [6, 6.07) is 8.05. The number of carboxylic acids is 1. The van der Waals surface area contributed by atoms with Gasteiger partial charge in [0.05, 0.1) is 11.3 Å². The van der Waals surface area contributed by atoms with E-state index in [0.717, 1.165) is 17.7 Å². The lowest BCUT2D eigenvalue weighted by molar-refractivity contribution is 0.0698. The number of hydrogen-bond donors (Lipinski definition) is 2. The third-order valence-corrected chi connectivity index (χ3v) is 2.60. The second-order valence-electron chi connectivity index (χ2n) is 4.11. The standard InChI is InChI=1S/C14H11F2NO2/c1-8-2-4-10(14(18)19)13(6-8)17-9-3-5-11(15)12(16)7-9/h2-7,17H,1H3,(H,18,19). The first kappa shape index (κ1) is 13.0. The van der Waals surface area contributed by atoms with Crippen molar-refractivity contribution < 1.29 is 18.7 Å². The molecule has 0 aliphatic carbocycles. The molecule has 2 aromatic carbocycles. The van der Waals surface area contributed by atoms with Crippen LogP contribution in [0.4, 0.5) is 20.2 Å². The minimum Gasteiger partial charge on any atom is -0.478 e. The minimum atomic E-state index is -1.09. The number of anilines is 2. The van der Waals surface area contributed by atoms with Gasteiger partial charge in [-0.15, -0.1) is 0 Å². The smallest absolute Gasteiger partial charge is 0.337 e. The number of nitrogens with one attached hydrogen (secondary N) is 1. The van der Waals surface area contributed by atoms with Crippen molar-refractivity contribution in [1.29, 1.82) is 0 Å². The maximum absolute atomic E-state index is 13.1. The van der Waals surface area contributed by atoms with Crippen LogP contribution in [-0.4, -0.2) is 11.1 Å². The van der Waals surface area contributed by atoms with E-state index in [1.54, 1.807) is 12.1 Å². The number of halogens is 2. The van der Waals surface area contributed by atoms with Crippen LogP contribution in [-0.2, 0) is 0 Å². The first-order valence-electron chi connectivity index (χ1n) is 5.53. The second kappa shape index (κ2) is 5.06. The van der Waals surface area contributed by atoms with Gasteiger partial charge >= 0.3 is 5.97 Å². The zero-order valence-electron chi connectivity index (χ0n) is 10.1. The monoisotopic (exact) mass is 263 g/mol. The van der Waals surface area contributed by atoms with Crippen LogP contribution >= 0.6 is 0 Å². The van der Waals surface area contributed by atoms with E-state index in [2.05, 4.69) is 5.32 Å². The zero-order valence-corrected chi connectivity index (χ0v) is 10.1. The zero-order chi connectivity index (χ0) is 14.0. The molecule has 0 aromatic heterocycles. The molecule has 2 aromatic rings. The van der Waals surface area contributed by atoms with Gasteiger partial charge in [-0.05, 0) is 36.8 Å². The number of rotatable bonds is 3. The molecular weight excluding hydrogens is 252 g/mol. The molecule has 0 fully saturated rings. The van der Waals surface area contributed by atoms with Gasteiger partial charge in [0, 0.05) is 11.8 Å². The number of hydrogen-bond acceptors (Lipinski definition) is 2. The Kier molecular flexibility index (Phi) is 3.46. The van der Waals surface area contributed by atoms with E-state index in [1.807, 2.05) is 6.92 Å². The van der Waals surface area contributed by atoms with Crippen molar-refractivity contribution in [1.82, 2.24) is 0 Å². The topological polar surface area (TPSA) is 49.3 Å². The fourth-order valence-electron chi connectivity index (χ4n) is 1.68. The van der Waals surface area contributed by atoms with E-state index in [4.69, 9.17) is 5.11 Å². The summed E-state index contributed by atoms with van der Waals surface area (Å²) in [7, 11) is 0. The van der Waals surface area contributed by atoms with Gasteiger partial charge in [-0.1, -0.05) is 6.07 Å². The quantitative estimate of drug-likeness (QED) is 0.887. The molecule has 0 amide bonds. The lowest BCUT2D eigenvalue weighted by atomic mass is 10.1. The third-order valence-electron chi connectivity index (χ3n) is 2.60. The van der Waals surface area contributed by atoms with Crippen molar-refractivity contribution in [3.63, 3.8) is 0 Å². The van der Waals surface area contributed by atoms with Crippen LogP contribution in [0, 0.1) is 18.6 Å². The summed E-state index contributed by atoms with van der Waals surface area (Å²) < 4.78 is 25.9. The Morgan fingerprint density at radius 3 is 2.47 bits per heavy atom. The van der Waals surface area contributed by atoms with Crippen molar-refractivity contribution in [3.8, 4) is 0 Å². The SMILES string of the molecule is Cc1ccc(C(=O)O)c(Nc2ccc(F)c(F)c2)c1.